The molecule has 0 spiro atoms. The van der Waals surface area contributed by atoms with Crippen molar-refractivity contribution in [2.24, 2.45) is 0 Å². The first-order chi connectivity index (χ1) is 9.80. The van der Waals surface area contributed by atoms with Gasteiger partial charge in [0.15, 0.2) is 0 Å². The van der Waals surface area contributed by atoms with Crippen LogP contribution in [0.15, 0.2) is 30.3 Å². The fraction of sp³-hybridized carbons (Fsp3) is 0.385. The third kappa shape index (κ3) is 6.52. The number of rotatable bonds is 7. The zero-order chi connectivity index (χ0) is 15.9. The summed E-state index contributed by atoms with van der Waals surface area (Å²) in [6.07, 6.45) is -4.47. The zero-order valence-electron chi connectivity index (χ0n) is 10.9. The SMILES string of the molecule is O=C(O)CSCC(=O)NCC(c1ccccc1)C(F)(F)F. The summed E-state index contributed by atoms with van der Waals surface area (Å²) in [5, 5.41) is 10.6. The molecule has 1 unspecified atom stereocenters. The van der Waals surface area contributed by atoms with E-state index in [4.69, 9.17) is 5.11 Å². The van der Waals surface area contributed by atoms with Crippen LogP contribution in [-0.2, 0) is 9.59 Å². The summed E-state index contributed by atoms with van der Waals surface area (Å²) in [5.74, 6) is -3.94. The second kappa shape index (κ2) is 7.92. The normalized spacial score (nSPS) is 12.7. The van der Waals surface area contributed by atoms with E-state index in [0.29, 0.717) is 0 Å². The fourth-order valence-corrected chi connectivity index (χ4v) is 2.17. The zero-order valence-corrected chi connectivity index (χ0v) is 11.7. The van der Waals surface area contributed by atoms with Gasteiger partial charge in [0.05, 0.1) is 17.4 Å². The Morgan fingerprint density at radius 1 is 1.19 bits per heavy atom. The maximum atomic E-state index is 13.0. The lowest BCUT2D eigenvalue weighted by Crippen LogP contribution is -2.36. The van der Waals surface area contributed by atoms with Gasteiger partial charge in [-0.25, -0.2) is 0 Å². The van der Waals surface area contributed by atoms with Crippen LogP contribution in [0.25, 0.3) is 0 Å². The van der Waals surface area contributed by atoms with E-state index >= 15 is 0 Å². The largest absolute Gasteiger partial charge is 0.481 e. The summed E-state index contributed by atoms with van der Waals surface area (Å²) in [6, 6.07) is 7.31. The lowest BCUT2D eigenvalue weighted by molar-refractivity contribution is -0.150. The van der Waals surface area contributed by atoms with Crippen molar-refractivity contribution < 1.29 is 27.9 Å². The van der Waals surface area contributed by atoms with Crippen LogP contribution in [-0.4, -0.2) is 41.2 Å². The molecule has 0 bridgehead atoms. The average Bonchev–Trinajstić information content (AvgIpc) is 2.38. The van der Waals surface area contributed by atoms with Crippen molar-refractivity contribution in [2.45, 2.75) is 12.1 Å². The molecule has 0 saturated carbocycles. The predicted octanol–water partition coefficient (Wildman–Crippen LogP) is 2.27. The molecule has 0 aromatic heterocycles. The highest BCUT2D eigenvalue weighted by atomic mass is 32.2. The molecule has 0 fully saturated rings. The van der Waals surface area contributed by atoms with Crippen LogP contribution >= 0.6 is 11.8 Å². The summed E-state index contributed by atoms with van der Waals surface area (Å²) in [7, 11) is 0. The van der Waals surface area contributed by atoms with Gasteiger partial charge in [-0.2, -0.15) is 13.2 Å². The van der Waals surface area contributed by atoms with Gasteiger partial charge >= 0.3 is 12.1 Å². The van der Waals surface area contributed by atoms with Crippen LogP contribution in [0.1, 0.15) is 11.5 Å². The minimum Gasteiger partial charge on any atom is -0.481 e. The van der Waals surface area contributed by atoms with Gasteiger partial charge in [-0.05, 0) is 5.56 Å². The molecule has 0 heterocycles. The number of carboxylic acid groups (broad SMARTS) is 1. The smallest absolute Gasteiger partial charge is 0.397 e. The number of hydrogen-bond donors (Lipinski definition) is 2. The molecule has 21 heavy (non-hydrogen) atoms. The van der Waals surface area contributed by atoms with Crippen molar-refractivity contribution >= 4 is 23.6 Å². The second-order valence-corrected chi connectivity index (χ2v) is 5.18. The number of nitrogens with one attached hydrogen (secondary N) is 1. The number of carbonyl (C=O) groups excluding carboxylic acids is 1. The van der Waals surface area contributed by atoms with Crippen molar-refractivity contribution in [3.8, 4) is 0 Å². The van der Waals surface area contributed by atoms with Crippen molar-refractivity contribution in [3.63, 3.8) is 0 Å². The van der Waals surface area contributed by atoms with E-state index in [2.05, 4.69) is 5.32 Å². The number of aliphatic carboxylic acids is 1. The topological polar surface area (TPSA) is 66.4 Å². The third-order valence-electron chi connectivity index (χ3n) is 2.56. The van der Waals surface area contributed by atoms with Crippen molar-refractivity contribution in [1.82, 2.24) is 5.32 Å². The molecular formula is C13H14F3NO3S. The van der Waals surface area contributed by atoms with Gasteiger partial charge in [-0.1, -0.05) is 30.3 Å². The Kier molecular flexibility index (Phi) is 6.54. The molecule has 1 amide bonds. The Balaban J connectivity index is 2.55. The highest BCUT2D eigenvalue weighted by molar-refractivity contribution is 8.00. The molecule has 0 aliphatic rings. The van der Waals surface area contributed by atoms with Crippen LogP contribution in [0.2, 0.25) is 0 Å². The van der Waals surface area contributed by atoms with E-state index in [9.17, 15) is 22.8 Å². The first kappa shape index (κ1) is 17.4. The number of halogens is 3. The van der Waals surface area contributed by atoms with Crippen LogP contribution in [0, 0.1) is 0 Å². The molecule has 116 valence electrons. The quantitative estimate of drug-likeness (QED) is 0.808. The van der Waals surface area contributed by atoms with Crippen molar-refractivity contribution in [3.05, 3.63) is 35.9 Å². The van der Waals surface area contributed by atoms with E-state index in [1.807, 2.05) is 0 Å². The summed E-state index contributed by atoms with van der Waals surface area (Å²) in [6.45, 7) is -0.569. The second-order valence-electron chi connectivity index (χ2n) is 4.20. The molecule has 1 atom stereocenters. The Hall–Kier alpha value is -1.70. The van der Waals surface area contributed by atoms with Crippen LogP contribution < -0.4 is 5.32 Å². The highest BCUT2D eigenvalue weighted by Crippen LogP contribution is 2.34. The maximum Gasteiger partial charge on any atom is 0.397 e. The number of carboxylic acids is 1. The maximum absolute atomic E-state index is 13.0. The molecular weight excluding hydrogens is 307 g/mol. The van der Waals surface area contributed by atoms with Gasteiger partial charge < -0.3 is 10.4 Å². The van der Waals surface area contributed by atoms with E-state index < -0.39 is 30.5 Å². The first-order valence-corrected chi connectivity index (χ1v) is 7.14. The molecule has 2 N–H and O–H groups in total. The fourth-order valence-electron chi connectivity index (χ4n) is 1.61. The van der Waals surface area contributed by atoms with Crippen LogP contribution in [0.3, 0.4) is 0 Å². The Morgan fingerprint density at radius 2 is 1.81 bits per heavy atom. The monoisotopic (exact) mass is 321 g/mol. The number of benzene rings is 1. The van der Waals surface area contributed by atoms with E-state index in [-0.39, 0.29) is 17.1 Å². The lowest BCUT2D eigenvalue weighted by Gasteiger charge is -2.21. The van der Waals surface area contributed by atoms with Gasteiger partial charge in [0.1, 0.15) is 0 Å². The Bertz CT molecular complexity index is 479. The van der Waals surface area contributed by atoms with Gasteiger partial charge in [-0.15, -0.1) is 11.8 Å². The summed E-state index contributed by atoms with van der Waals surface area (Å²) < 4.78 is 38.9. The molecule has 0 aliphatic heterocycles. The van der Waals surface area contributed by atoms with Crippen LogP contribution in [0.4, 0.5) is 13.2 Å². The number of carbonyl (C=O) groups is 2. The summed E-state index contributed by atoms with van der Waals surface area (Å²) in [4.78, 5) is 21.7. The minimum atomic E-state index is -4.47. The van der Waals surface area contributed by atoms with Crippen molar-refractivity contribution in [2.75, 3.05) is 18.1 Å². The standard InChI is InChI=1S/C13H14F3NO3S/c14-13(15,16)10(9-4-2-1-3-5-9)6-17-11(18)7-21-8-12(19)20/h1-5,10H,6-8H2,(H,17,18)(H,19,20). The number of amides is 1. The van der Waals surface area contributed by atoms with Gasteiger partial charge in [0.2, 0.25) is 5.91 Å². The average molecular weight is 321 g/mol. The molecule has 0 saturated heterocycles. The van der Waals surface area contributed by atoms with E-state index in [0.717, 1.165) is 11.8 Å². The highest BCUT2D eigenvalue weighted by Gasteiger charge is 2.40. The Morgan fingerprint density at radius 3 is 2.33 bits per heavy atom. The molecule has 1 aromatic rings. The summed E-state index contributed by atoms with van der Waals surface area (Å²) >= 11 is 0.832. The molecule has 0 aliphatic carbocycles. The molecule has 8 heteroatoms. The number of alkyl halides is 3. The number of hydrogen-bond acceptors (Lipinski definition) is 3. The molecule has 0 radical (unpaired) electrons. The van der Waals surface area contributed by atoms with E-state index in [1.165, 1.54) is 24.3 Å². The van der Waals surface area contributed by atoms with Gasteiger partial charge in [0, 0.05) is 6.54 Å². The summed E-state index contributed by atoms with van der Waals surface area (Å²) in [5.41, 5.74) is 0.0727. The molecule has 1 rings (SSSR count). The van der Waals surface area contributed by atoms with Crippen LogP contribution in [0.5, 0.6) is 0 Å². The number of thioether (sulfide) groups is 1. The lowest BCUT2D eigenvalue weighted by atomic mass is 9.98. The minimum absolute atomic E-state index is 0.0727. The van der Waals surface area contributed by atoms with E-state index in [1.54, 1.807) is 6.07 Å². The van der Waals surface area contributed by atoms with Gasteiger partial charge in [-0.3, -0.25) is 9.59 Å². The molecule has 4 nitrogen and oxygen atoms in total. The third-order valence-corrected chi connectivity index (χ3v) is 3.48. The first-order valence-electron chi connectivity index (χ1n) is 5.98. The van der Waals surface area contributed by atoms with Gasteiger partial charge in [0.25, 0.3) is 0 Å². The predicted molar refractivity (Wildman–Crippen MR) is 73.2 cm³/mol. The Labute approximate surface area is 123 Å². The van der Waals surface area contributed by atoms with Crippen molar-refractivity contribution in [1.29, 1.82) is 0 Å². The molecule has 1 aromatic carbocycles.